The minimum Gasteiger partial charge on any atom is -0.488 e. The molecule has 0 aliphatic heterocycles. The molecule has 3 nitrogen and oxygen atoms in total. The summed E-state index contributed by atoms with van der Waals surface area (Å²) in [5.74, 6) is 1.51. The molecule has 1 aliphatic rings. The monoisotopic (exact) mass is 264 g/mol. The molecule has 1 aromatic carbocycles. The van der Waals surface area contributed by atoms with E-state index < -0.39 is 0 Å². The fourth-order valence-corrected chi connectivity index (χ4v) is 2.74. The van der Waals surface area contributed by atoms with E-state index in [1.54, 1.807) is 7.11 Å². The molecule has 3 atom stereocenters. The zero-order valence-electron chi connectivity index (χ0n) is 11.8. The first-order valence-electron chi connectivity index (χ1n) is 7.15. The molecular formula is C16H24O3. The summed E-state index contributed by atoms with van der Waals surface area (Å²) in [6.07, 6.45) is 3.66. The maximum atomic E-state index is 10.1. The SMILES string of the molecule is CCC1CCC(O)C(Oc2cccc(COC)c2)C1. The van der Waals surface area contributed by atoms with Gasteiger partial charge in [-0.1, -0.05) is 25.5 Å². The van der Waals surface area contributed by atoms with E-state index >= 15 is 0 Å². The summed E-state index contributed by atoms with van der Waals surface area (Å²) in [5, 5.41) is 10.1. The highest BCUT2D eigenvalue weighted by molar-refractivity contribution is 5.28. The minimum atomic E-state index is -0.339. The van der Waals surface area contributed by atoms with E-state index in [1.807, 2.05) is 24.3 Å². The Hall–Kier alpha value is -1.06. The lowest BCUT2D eigenvalue weighted by Crippen LogP contribution is -2.38. The molecule has 0 radical (unpaired) electrons. The number of ether oxygens (including phenoxy) is 2. The maximum absolute atomic E-state index is 10.1. The van der Waals surface area contributed by atoms with Gasteiger partial charge in [-0.2, -0.15) is 0 Å². The van der Waals surface area contributed by atoms with Gasteiger partial charge in [0.2, 0.25) is 0 Å². The van der Waals surface area contributed by atoms with Crippen molar-refractivity contribution >= 4 is 0 Å². The Balaban J connectivity index is 2.00. The van der Waals surface area contributed by atoms with Crippen LogP contribution in [0.3, 0.4) is 0 Å². The molecule has 1 saturated carbocycles. The van der Waals surface area contributed by atoms with Gasteiger partial charge in [0.1, 0.15) is 11.9 Å². The summed E-state index contributed by atoms with van der Waals surface area (Å²) in [6, 6.07) is 7.92. The zero-order valence-corrected chi connectivity index (χ0v) is 11.8. The molecule has 0 spiro atoms. The second-order valence-corrected chi connectivity index (χ2v) is 5.39. The molecule has 106 valence electrons. The first-order valence-corrected chi connectivity index (χ1v) is 7.15. The van der Waals surface area contributed by atoms with E-state index in [0.717, 1.165) is 37.0 Å². The molecule has 0 aromatic heterocycles. The predicted octanol–water partition coefficient (Wildman–Crippen LogP) is 3.15. The summed E-state index contributed by atoms with van der Waals surface area (Å²) in [7, 11) is 1.68. The number of rotatable bonds is 5. The van der Waals surface area contributed by atoms with E-state index in [2.05, 4.69) is 6.92 Å². The van der Waals surface area contributed by atoms with Crippen molar-refractivity contribution in [2.45, 2.75) is 51.4 Å². The van der Waals surface area contributed by atoms with Crippen LogP contribution in [0.15, 0.2) is 24.3 Å². The first-order chi connectivity index (χ1) is 9.22. The van der Waals surface area contributed by atoms with Crippen LogP contribution in [-0.2, 0) is 11.3 Å². The van der Waals surface area contributed by atoms with Crippen molar-refractivity contribution in [3.63, 3.8) is 0 Å². The predicted molar refractivity (Wildman–Crippen MR) is 75.2 cm³/mol. The molecule has 1 aromatic rings. The van der Waals surface area contributed by atoms with Crippen LogP contribution in [0.4, 0.5) is 0 Å². The van der Waals surface area contributed by atoms with E-state index in [4.69, 9.17) is 9.47 Å². The lowest BCUT2D eigenvalue weighted by atomic mass is 9.84. The molecule has 1 fully saturated rings. The molecule has 0 amide bonds. The number of methoxy groups -OCH3 is 1. The Bertz CT molecular complexity index is 391. The van der Waals surface area contributed by atoms with Crippen molar-refractivity contribution in [2.24, 2.45) is 5.92 Å². The number of hydrogen-bond donors (Lipinski definition) is 1. The number of hydrogen-bond acceptors (Lipinski definition) is 3. The number of aliphatic hydroxyl groups excluding tert-OH is 1. The van der Waals surface area contributed by atoms with Gasteiger partial charge >= 0.3 is 0 Å². The molecule has 3 unspecified atom stereocenters. The minimum absolute atomic E-state index is 0.0727. The third-order valence-corrected chi connectivity index (χ3v) is 3.94. The Morgan fingerprint density at radius 3 is 2.89 bits per heavy atom. The number of benzene rings is 1. The van der Waals surface area contributed by atoms with Crippen molar-refractivity contribution < 1.29 is 14.6 Å². The third kappa shape index (κ3) is 3.95. The van der Waals surface area contributed by atoms with Gasteiger partial charge in [0.15, 0.2) is 0 Å². The third-order valence-electron chi connectivity index (χ3n) is 3.94. The van der Waals surface area contributed by atoms with Crippen LogP contribution in [0.5, 0.6) is 5.75 Å². The summed E-state index contributed by atoms with van der Waals surface area (Å²) >= 11 is 0. The van der Waals surface area contributed by atoms with Crippen LogP contribution in [0.2, 0.25) is 0 Å². The second kappa shape index (κ2) is 6.92. The van der Waals surface area contributed by atoms with E-state index in [-0.39, 0.29) is 12.2 Å². The summed E-state index contributed by atoms with van der Waals surface area (Å²) < 4.78 is 11.1. The Morgan fingerprint density at radius 1 is 1.32 bits per heavy atom. The van der Waals surface area contributed by atoms with E-state index in [0.29, 0.717) is 12.5 Å². The van der Waals surface area contributed by atoms with Crippen molar-refractivity contribution in [1.82, 2.24) is 0 Å². The molecule has 1 aliphatic carbocycles. The highest BCUT2D eigenvalue weighted by atomic mass is 16.5. The molecule has 0 saturated heterocycles. The molecule has 0 heterocycles. The van der Waals surface area contributed by atoms with Crippen LogP contribution < -0.4 is 4.74 Å². The Labute approximate surface area is 115 Å². The molecule has 2 rings (SSSR count). The van der Waals surface area contributed by atoms with Crippen molar-refractivity contribution in [3.8, 4) is 5.75 Å². The van der Waals surface area contributed by atoms with Gasteiger partial charge in [0.25, 0.3) is 0 Å². The summed E-state index contributed by atoms with van der Waals surface area (Å²) in [6.45, 7) is 2.79. The Morgan fingerprint density at radius 2 is 2.16 bits per heavy atom. The van der Waals surface area contributed by atoms with Gasteiger partial charge in [-0.15, -0.1) is 0 Å². The Kier molecular flexibility index (Phi) is 5.23. The van der Waals surface area contributed by atoms with Gasteiger partial charge in [0.05, 0.1) is 12.7 Å². The molecule has 19 heavy (non-hydrogen) atoms. The van der Waals surface area contributed by atoms with Crippen molar-refractivity contribution in [1.29, 1.82) is 0 Å². The standard InChI is InChI=1S/C16H24O3/c1-3-12-7-8-15(17)16(10-12)19-14-6-4-5-13(9-14)11-18-2/h4-6,9,12,15-17H,3,7-8,10-11H2,1-2H3. The average molecular weight is 264 g/mol. The van der Waals surface area contributed by atoms with Crippen molar-refractivity contribution in [3.05, 3.63) is 29.8 Å². The molecular weight excluding hydrogens is 240 g/mol. The molecule has 1 N–H and O–H groups in total. The smallest absolute Gasteiger partial charge is 0.125 e. The van der Waals surface area contributed by atoms with Crippen LogP contribution in [0.25, 0.3) is 0 Å². The molecule has 3 heteroatoms. The zero-order chi connectivity index (χ0) is 13.7. The van der Waals surface area contributed by atoms with Crippen LogP contribution in [-0.4, -0.2) is 24.4 Å². The summed E-state index contributed by atoms with van der Waals surface area (Å²) in [4.78, 5) is 0. The van der Waals surface area contributed by atoms with Crippen LogP contribution in [0, 0.1) is 5.92 Å². The van der Waals surface area contributed by atoms with Crippen LogP contribution in [0.1, 0.15) is 38.2 Å². The fraction of sp³-hybridized carbons (Fsp3) is 0.625. The van der Waals surface area contributed by atoms with E-state index in [1.165, 1.54) is 0 Å². The van der Waals surface area contributed by atoms with Crippen molar-refractivity contribution in [2.75, 3.05) is 7.11 Å². The fourth-order valence-electron chi connectivity index (χ4n) is 2.74. The normalized spacial score (nSPS) is 27.2. The highest BCUT2D eigenvalue weighted by Crippen LogP contribution is 2.30. The van der Waals surface area contributed by atoms with Crippen LogP contribution >= 0.6 is 0 Å². The van der Waals surface area contributed by atoms with Gasteiger partial charge in [-0.3, -0.25) is 0 Å². The largest absolute Gasteiger partial charge is 0.488 e. The van der Waals surface area contributed by atoms with Gasteiger partial charge in [-0.25, -0.2) is 0 Å². The van der Waals surface area contributed by atoms with Gasteiger partial charge in [0, 0.05) is 7.11 Å². The van der Waals surface area contributed by atoms with Gasteiger partial charge in [-0.05, 0) is 42.9 Å². The number of aliphatic hydroxyl groups is 1. The summed E-state index contributed by atoms with van der Waals surface area (Å²) in [5.41, 5.74) is 1.09. The second-order valence-electron chi connectivity index (χ2n) is 5.39. The highest BCUT2D eigenvalue weighted by Gasteiger charge is 2.29. The maximum Gasteiger partial charge on any atom is 0.125 e. The first kappa shape index (κ1) is 14.4. The average Bonchev–Trinajstić information content (AvgIpc) is 2.42. The van der Waals surface area contributed by atoms with Gasteiger partial charge < -0.3 is 14.6 Å². The van der Waals surface area contributed by atoms with E-state index in [9.17, 15) is 5.11 Å². The molecule has 0 bridgehead atoms. The topological polar surface area (TPSA) is 38.7 Å². The lowest BCUT2D eigenvalue weighted by molar-refractivity contribution is -0.0109. The quantitative estimate of drug-likeness (QED) is 0.888. The lowest BCUT2D eigenvalue weighted by Gasteiger charge is -2.33.